The van der Waals surface area contributed by atoms with Crippen LogP contribution >= 0.6 is 0 Å². The zero-order valence-corrected chi connectivity index (χ0v) is 13.1. The lowest BCUT2D eigenvalue weighted by Gasteiger charge is -2.16. The van der Waals surface area contributed by atoms with E-state index in [0.29, 0.717) is 0 Å². The Morgan fingerprint density at radius 2 is 1.52 bits per heavy atom. The first-order valence-electron chi connectivity index (χ1n) is 7.60. The fraction of sp³-hybridized carbons (Fsp3) is 0.222. The third-order valence-corrected chi connectivity index (χ3v) is 3.37. The van der Waals surface area contributed by atoms with Gasteiger partial charge in [0, 0.05) is 11.1 Å². The van der Waals surface area contributed by atoms with Crippen molar-refractivity contribution in [1.29, 1.82) is 0 Å². The molecule has 0 saturated carbocycles. The fourth-order valence-corrected chi connectivity index (χ4v) is 2.34. The quantitative estimate of drug-likeness (QED) is 0.851. The molecule has 3 N–H and O–H groups in total. The summed E-state index contributed by atoms with van der Waals surface area (Å²) < 4.78 is 4.70. The van der Waals surface area contributed by atoms with Crippen molar-refractivity contribution in [2.45, 2.75) is 13.0 Å². The van der Waals surface area contributed by atoms with Gasteiger partial charge in [-0.2, -0.15) is 0 Å². The second kappa shape index (κ2) is 8.70. The standard InChI is InChI=1S/C18H20N2O3/c1-2-23-18(22)20-16(21)13-19-17(14-9-5-3-6-10-14)15-11-7-4-8-12-15/h3-12,17,19H,2,13H2,1H3,(H,20,21,22)/p+1. The molecule has 5 heteroatoms. The van der Waals surface area contributed by atoms with Gasteiger partial charge < -0.3 is 10.1 Å². The topological polar surface area (TPSA) is 72.0 Å². The highest BCUT2D eigenvalue weighted by Gasteiger charge is 2.19. The first-order valence-corrected chi connectivity index (χ1v) is 7.60. The molecule has 2 aromatic carbocycles. The predicted octanol–water partition coefficient (Wildman–Crippen LogP) is 1.61. The van der Waals surface area contributed by atoms with Gasteiger partial charge in [0.15, 0.2) is 6.54 Å². The number of benzene rings is 2. The minimum Gasteiger partial charge on any atom is -0.450 e. The highest BCUT2D eigenvalue weighted by molar-refractivity contribution is 5.92. The van der Waals surface area contributed by atoms with Crippen LogP contribution < -0.4 is 10.6 Å². The average Bonchev–Trinajstić information content (AvgIpc) is 2.57. The van der Waals surface area contributed by atoms with E-state index in [1.54, 1.807) is 6.92 Å². The molecule has 0 unspecified atom stereocenters. The molecule has 2 rings (SSSR count). The van der Waals surface area contributed by atoms with Crippen LogP contribution in [0.15, 0.2) is 60.7 Å². The molecule has 0 bridgehead atoms. The van der Waals surface area contributed by atoms with E-state index >= 15 is 0 Å². The highest BCUT2D eigenvalue weighted by atomic mass is 16.5. The van der Waals surface area contributed by atoms with E-state index in [9.17, 15) is 9.59 Å². The monoisotopic (exact) mass is 313 g/mol. The van der Waals surface area contributed by atoms with Crippen molar-refractivity contribution >= 4 is 12.0 Å². The summed E-state index contributed by atoms with van der Waals surface area (Å²) in [6.07, 6.45) is -0.707. The molecule has 23 heavy (non-hydrogen) atoms. The summed E-state index contributed by atoms with van der Waals surface area (Å²) in [5.41, 5.74) is 2.20. The van der Waals surface area contributed by atoms with Crippen molar-refractivity contribution in [2.24, 2.45) is 0 Å². The molecule has 0 fully saturated rings. The summed E-state index contributed by atoms with van der Waals surface area (Å²) in [6.45, 7) is 2.06. The van der Waals surface area contributed by atoms with Crippen molar-refractivity contribution in [3.8, 4) is 0 Å². The first-order chi connectivity index (χ1) is 11.2. The maximum absolute atomic E-state index is 11.9. The first kappa shape index (κ1) is 16.7. The molecule has 0 aliphatic rings. The molecule has 0 spiro atoms. The van der Waals surface area contributed by atoms with Crippen LogP contribution in [0.1, 0.15) is 24.1 Å². The number of carbonyl (C=O) groups excluding carboxylic acids is 2. The second-order valence-corrected chi connectivity index (χ2v) is 5.01. The summed E-state index contributed by atoms with van der Waals surface area (Å²) in [6, 6.07) is 19.9. The van der Waals surface area contributed by atoms with E-state index in [1.807, 2.05) is 66.0 Å². The largest absolute Gasteiger partial charge is 0.450 e. The Morgan fingerprint density at radius 3 is 2.00 bits per heavy atom. The zero-order valence-electron chi connectivity index (χ0n) is 13.1. The van der Waals surface area contributed by atoms with E-state index in [-0.39, 0.29) is 25.1 Å². The number of quaternary nitrogens is 1. The van der Waals surface area contributed by atoms with Gasteiger partial charge in [0.05, 0.1) is 6.61 Å². The number of alkyl carbamates (subject to hydrolysis) is 1. The molecule has 0 saturated heterocycles. The Kier molecular flexibility index (Phi) is 6.32. The molecular formula is C18H21N2O3+. The van der Waals surface area contributed by atoms with Crippen molar-refractivity contribution in [1.82, 2.24) is 5.32 Å². The Morgan fingerprint density at radius 1 is 1.00 bits per heavy atom. The van der Waals surface area contributed by atoms with E-state index in [1.165, 1.54) is 0 Å². The van der Waals surface area contributed by atoms with Gasteiger partial charge in [0.25, 0.3) is 5.91 Å². The van der Waals surface area contributed by atoms with E-state index in [4.69, 9.17) is 4.74 Å². The molecule has 0 atom stereocenters. The molecule has 2 amide bonds. The zero-order chi connectivity index (χ0) is 16.5. The third-order valence-electron chi connectivity index (χ3n) is 3.37. The third kappa shape index (κ3) is 5.23. The van der Waals surface area contributed by atoms with Crippen molar-refractivity contribution in [3.05, 3.63) is 71.8 Å². The summed E-state index contributed by atoms with van der Waals surface area (Å²) >= 11 is 0. The molecular weight excluding hydrogens is 292 g/mol. The Labute approximate surface area is 135 Å². The summed E-state index contributed by atoms with van der Waals surface area (Å²) in [5.74, 6) is -0.375. The van der Waals surface area contributed by atoms with E-state index in [0.717, 1.165) is 11.1 Å². The molecule has 2 aromatic rings. The highest BCUT2D eigenvalue weighted by Crippen LogP contribution is 2.17. The molecule has 0 heterocycles. The normalized spacial score (nSPS) is 10.3. The number of rotatable bonds is 6. The maximum atomic E-state index is 11.9. The van der Waals surface area contributed by atoms with Crippen molar-refractivity contribution in [3.63, 3.8) is 0 Å². The number of imide groups is 1. The van der Waals surface area contributed by atoms with Crippen LogP contribution in [0, 0.1) is 0 Å². The van der Waals surface area contributed by atoms with Gasteiger partial charge in [-0.25, -0.2) is 4.79 Å². The number of nitrogens with one attached hydrogen (secondary N) is 1. The Bertz CT molecular complexity index is 590. The average molecular weight is 313 g/mol. The van der Waals surface area contributed by atoms with Crippen LogP contribution in [0.3, 0.4) is 0 Å². The number of hydrogen-bond donors (Lipinski definition) is 2. The second-order valence-electron chi connectivity index (χ2n) is 5.01. The van der Waals surface area contributed by atoms with E-state index in [2.05, 4.69) is 5.32 Å². The minimum absolute atomic E-state index is 0.00894. The summed E-state index contributed by atoms with van der Waals surface area (Å²) in [7, 11) is 0. The van der Waals surface area contributed by atoms with Crippen LogP contribution in [0.5, 0.6) is 0 Å². The number of nitrogens with two attached hydrogens (primary N) is 1. The predicted molar refractivity (Wildman–Crippen MR) is 86.7 cm³/mol. The van der Waals surface area contributed by atoms with Crippen LogP contribution in [-0.2, 0) is 9.53 Å². The number of carbonyl (C=O) groups is 2. The van der Waals surface area contributed by atoms with Gasteiger partial charge in [-0.3, -0.25) is 10.1 Å². The van der Waals surface area contributed by atoms with Crippen LogP contribution in [0.25, 0.3) is 0 Å². The molecule has 5 nitrogen and oxygen atoms in total. The lowest BCUT2D eigenvalue weighted by molar-refractivity contribution is -0.676. The van der Waals surface area contributed by atoms with Gasteiger partial charge >= 0.3 is 6.09 Å². The summed E-state index contributed by atoms with van der Waals surface area (Å²) in [4.78, 5) is 23.1. The maximum Gasteiger partial charge on any atom is 0.414 e. The van der Waals surface area contributed by atoms with Crippen LogP contribution in [0.4, 0.5) is 4.79 Å². The van der Waals surface area contributed by atoms with Gasteiger partial charge in [-0.1, -0.05) is 60.7 Å². The van der Waals surface area contributed by atoms with Crippen molar-refractivity contribution in [2.75, 3.05) is 13.2 Å². The van der Waals surface area contributed by atoms with Crippen LogP contribution in [-0.4, -0.2) is 25.2 Å². The SMILES string of the molecule is CCOC(=O)NC(=O)C[NH2+]C(c1ccccc1)c1ccccc1. The van der Waals surface area contributed by atoms with Gasteiger partial charge in [0.2, 0.25) is 0 Å². The van der Waals surface area contributed by atoms with E-state index < -0.39 is 6.09 Å². The molecule has 0 aliphatic carbocycles. The molecule has 120 valence electrons. The lowest BCUT2D eigenvalue weighted by atomic mass is 9.99. The van der Waals surface area contributed by atoms with Gasteiger partial charge in [0.1, 0.15) is 6.04 Å². The van der Waals surface area contributed by atoms with Crippen molar-refractivity contribution < 1.29 is 19.6 Å². The Balaban J connectivity index is 2.05. The number of hydrogen-bond acceptors (Lipinski definition) is 3. The molecule has 0 aromatic heterocycles. The lowest BCUT2D eigenvalue weighted by Crippen LogP contribution is -2.87. The van der Waals surface area contributed by atoms with Gasteiger partial charge in [-0.15, -0.1) is 0 Å². The number of ether oxygens (including phenoxy) is 1. The minimum atomic E-state index is -0.707. The number of amides is 2. The summed E-state index contributed by atoms with van der Waals surface area (Å²) in [5, 5.41) is 4.11. The molecule has 0 aliphatic heterocycles. The fourth-order valence-electron chi connectivity index (χ4n) is 2.34. The van der Waals surface area contributed by atoms with Gasteiger partial charge in [-0.05, 0) is 6.92 Å². The Hall–Kier alpha value is -2.66. The molecule has 0 radical (unpaired) electrons. The van der Waals surface area contributed by atoms with Crippen LogP contribution in [0.2, 0.25) is 0 Å². The smallest absolute Gasteiger partial charge is 0.414 e.